The number of carbonyl (C=O) groups excluding carboxylic acids is 1. The summed E-state index contributed by atoms with van der Waals surface area (Å²) >= 11 is 0. The van der Waals surface area contributed by atoms with Crippen LogP contribution in [0.1, 0.15) is 12.0 Å². The number of fused-ring (bicyclic) bond motifs is 1. The van der Waals surface area contributed by atoms with Crippen molar-refractivity contribution in [1.29, 1.82) is 0 Å². The summed E-state index contributed by atoms with van der Waals surface area (Å²) in [5.74, 6) is 0.243. The third-order valence-corrected chi connectivity index (χ3v) is 4.82. The van der Waals surface area contributed by atoms with Gasteiger partial charge in [0.1, 0.15) is 0 Å². The van der Waals surface area contributed by atoms with Gasteiger partial charge in [-0.1, -0.05) is 18.2 Å². The molecule has 0 spiro atoms. The number of amides is 1. The van der Waals surface area contributed by atoms with E-state index in [4.69, 9.17) is 0 Å². The van der Waals surface area contributed by atoms with Crippen LogP contribution in [0, 0.1) is 0 Å². The van der Waals surface area contributed by atoms with Crippen LogP contribution in [-0.4, -0.2) is 79.0 Å². The number of carbonyl (C=O) groups is 1. The van der Waals surface area contributed by atoms with Crippen molar-refractivity contribution in [3.63, 3.8) is 0 Å². The summed E-state index contributed by atoms with van der Waals surface area (Å²) in [5, 5.41) is 1.16. The molecule has 5 heteroatoms. The number of hydrogen-bond donors (Lipinski definition) is 1. The van der Waals surface area contributed by atoms with Crippen LogP contribution in [0.3, 0.4) is 0 Å². The topological polar surface area (TPSA) is 42.6 Å². The molecule has 1 aliphatic heterocycles. The van der Waals surface area contributed by atoms with Crippen LogP contribution in [0.4, 0.5) is 0 Å². The van der Waals surface area contributed by atoms with Crippen LogP contribution in [0.5, 0.6) is 0 Å². The fourth-order valence-corrected chi connectivity index (χ4v) is 3.38. The molecule has 24 heavy (non-hydrogen) atoms. The maximum absolute atomic E-state index is 12.6. The molecule has 0 saturated carbocycles. The lowest BCUT2D eigenvalue weighted by Gasteiger charge is -2.35. The Bertz CT molecular complexity index is 671. The SMILES string of the molecule is CN(C)CCCN1CCN(C(=O)Cc2c[nH]c3ccccc23)CC1. The van der Waals surface area contributed by atoms with Crippen molar-refractivity contribution in [2.45, 2.75) is 12.8 Å². The van der Waals surface area contributed by atoms with Gasteiger partial charge in [-0.25, -0.2) is 0 Å². The predicted octanol–water partition coefficient (Wildman–Crippen LogP) is 1.81. The molecule has 1 amide bonds. The molecule has 0 unspecified atom stereocenters. The van der Waals surface area contributed by atoms with Crippen molar-refractivity contribution in [3.05, 3.63) is 36.0 Å². The number of piperazine rings is 1. The summed E-state index contributed by atoms with van der Waals surface area (Å²) < 4.78 is 0. The molecule has 1 fully saturated rings. The molecule has 2 heterocycles. The summed E-state index contributed by atoms with van der Waals surface area (Å²) in [7, 11) is 4.22. The van der Waals surface area contributed by atoms with Gasteiger partial charge in [0, 0.05) is 43.3 Å². The van der Waals surface area contributed by atoms with Crippen LogP contribution >= 0.6 is 0 Å². The molecule has 3 rings (SSSR count). The highest BCUT2D eigenvalue weighted by molar-refractivity contribution is 5.88. The van der Waals surface area contributed by atoms with Crippen molar-refractivity contribution >= 4 is 16.8 Å². The van der Waals surface area contributed by atoms with E-state index in [9.17, 15) is 4.79 Å². The van der Waals surface area contributed by atoms with Gasteiger partial charge in [-0.2, -0.15) is 0 Å². The number of aromatic nitrogens is 1. The minimum absolute atomic E-state index is 0.243. The fourth-order valence-electron chi connectivity index (χ4n) is 3.38. The molecule has 1 aromatic carbocycles. The molecule has 1 N–H and O–H groups in total. The van der Waals surface area contributed by atoms with E-state index in [1.165, 1.54) is 6.42 Å². The number of H-pyrrole nitrogens is 1. The maximum atomic E-state index is 12.6. The van der Waals surface area contributed by atoms with Gasteiger partial charge < -0.3 is 14.8 Å². The van der Waals surface area contributed by atoms with E-state index >= 15 is 0 Å². The first-order valence-electron chi connectivity index (χ1n) is 8.83. The first-order valence-corrected chi connectivity index (χ1v) is 8.83. The third-order valence-electron chi connectivity index (χ3n) is 4.82. The van der Waals surface area contributed by atoms with Gasteiger partial charge in [-0.3, -0.25) is 9.69 Å². The molecule has 130 valence electrons. The van der Waals surface area contributed by atoms with E-state index in [-0.39, 0.29) is 5.91 Å². The average molecular weight is 328 g/mol. The molecule has 1 aliphatic rings. The standard InChI is InChI=1S/C19H28N4O/c1-21(2)8-5-9-22-10-12-23(13-11-22)19(24)14-16-15-20-18-7-4-3-6-17(16)18/h3-4,6-7,15,20H,5,8-14H2,1-2H3. The number of para-hydroxylation sites is 1. The highest BCUT2D eigenvalue weighted by atomic mass is 16.2. The lowest BCUT2D eigenvalue weighted by atomic mass is 10.1. The number of nitrogens with one attached hydrogen (secondary N) is 1. The maximum Gasteiger partial charge on any atom is 0.227 e. The van der Waals surface area contributed by atoms with Gasteiger partial charge in [-0.05, 0) is 45.2 Å². The van der Waals surface area contributed by atoms with E-state index in [1.807, 2.05) is 23.2 Å². The van der Waals surface area contributed by atoms with Crippen LogP contribution in [0.25, 0.3) is 10.9 Å². The quantitative estimate of drug-likeness (QED) is 0.879. The lowest BCUT2D eigenvalue weighted by Crippen LogP contribution is -2.49. The molecular formula is C19H28N4O. The smallest absolute Gasteiger partial charge is 0.227 e. The van der Waals surface area contributed by atoms with Gasteiger partial charge >= 0.3 is 0 Å². The van der Waals surface area contributed by atoms with Gasteiger partial charge in [0.15, 0.2) is 0 Å². The Morgan fingerprint density at radius 3 is 2.67 bits per heavy atom. The summed E-state index contributed by atoms with van der Waals surface area (Å²) in [6, 6.07) is 8.17. The van der Waals surface area contributed by atoms with Gasteiger partial charge in [0.25, 0.3) is 0 Å². The van der Waals surface area contributed by atoms with Crippen LogP contribution in [0.15, 0.2) is 30.5 Å². The van der Waals surface area contributed by atoms with Crippen LogP contribution < -0.4 is 0 Å². The Morgan fingerprint density at radius 1 is 1.17 bits per heavy atom. The first kappa shape index (κ1) is 17.0. The average Bonchev–Trinajstić information content (AvgIpc) is 2.98. The fraction of sp³-hybridized carbons (Fsp3) is 0.526. The van der Waals surface area contributed by atoms with E-state index in [2.05, 4.69) is 41.0 Å². The number of hydrogen-bond acceptors (Lipinski definition) is 3. The second-order valence-electron chi connectivity index (χ2n) is 6.92. The molecule has 2 aromatic rings. The second kappa shape index (κ2) is 7.81. The molecule has 0 atom stereocenters. The van der Waals surface area contributed by atoms with Crippen molar-refractivity contribution in [2.24, 2.45) is 0 Å². The van der Waals surface area contributed by atoms with Gasteiger partial charge in [0.2, 0.25) is 5.91 Å². The van der Waals surface area contributed by atoms with Crippen molar-refractivity contribution < 1.29 is 4.79 Å². The van der Waals surface area contributed by atoms with E-state index < -0.39 is 0 Å². The summed E-state index contributed by atoms with van der Waals surface area (Å²) in [5.41, 5.74) is 2.20. The van der Waals surface area contributed by atoms with E-state index in [0.29, 0.717) is 6.42 Å². The normalized spacial score (nSPS) is 16.2. The molecule has 0 bridgehead atoms. The van der Waals surface area contributed by atoms with Crippen molar-refractivity contribution in [1.82, 2.24) is 19.7 Å². The number of nitrogens with zero attached hydrogens (tertiary/aromatic N) is 3. The molecule has 1 saturated heterocycles. The number of rotatable bonds is 6. The molecule has 5 nitrogen and oxygen atoms in total. The van der Waals surface area contributed by atoms with E-state index in [0.717, 1.165) is 55.7 Å². The first-order chi connectivity index (χ1) is 11.6. The Balaban J connectivity index is 1.49. The summed E-state index contributed by atoms with van der Waals surface area (Å²) in [6.45, 7) is 5.94. The van der Waals surface area contributed by atoms with Crippen LogP contribution in [0.2, 0.25) is 0 Å². The Kier molecular flexibility index (Phi) is 5.53. The van der Waals surface area contributed by atoms with Crippen molar-refractivity contribution in [2.75, 3.05) is 53.4 Å². The monoisotopic (exact) mass is 328 g/mol. The Hall–Kier alpha value is -1.85. The zero-order valence-electron chi connectivity index (χ0n) is 14.8. The zero-order valence-corrected chi connectivity index (χ0v) is 14.8. The largest absolute Gasteiger partial charge is 0.361 e. The predicted molar refractivity (Wildman–Crippen MR) is 98.2 cm³/mol. The lowest BCUT2D eigenvalue weighted by molar-refractivity contribution is -0.132. The molecule has 0 aliphatic carbocycles. The molecular weight excluding hydrogens is 300 g/mol. The van der Waals surface area contributed by atoms with E-state index in [1.54, 1.807) is 0 Å². The summed E-state index contributed by atoms with van der Waals surface area (Å²) in [6.07, 6.45) is 3.65. The minimum Gasteiger partial charge on any atom is -0.361 e. The third kappa shape index (κ3) is 4.16. The number of aromatic amines is 1. The second-order valence-corrected chi connectivity index (χ2v) is 6.92. The summed E-state index contributed by atoms with van der Waals surface area (Å²) in [4.78, 5) is 22.6. The van der Waals surface area contributed by atoms with Crippen LogP contribution in [-0.2, 0) is 11.2 Å². The Labute approximate surface area is 144 Å². The van der Waals surface area contributed by atoms with Gasteiger partial charge in [0.05, 0.1) is 6.42 Å². The highest BCUT2D eigenvalue weighted by Crippen LogP contribution is 2.19. The van der Waals surface area contributed by atoms with Gasteiger partial charge in [-0.15, -0.1) is 0 Å². The van der Waals surface area contributed by atoms with Crippen molar-refractivity contribution in [3.8, 4) is 0 Å². The molecule has 0 radical (unpaired) electrons. The highest BCUT2D eigenvalue weighted by Gasteiger charge is 2.21. The molecule has 1 aromatic heterocycles. The minimum atomic E-state index is 0.243. The zero-order chi connectivity index (χ0) is 16.9. The Morgan fingerprint density at radius 2 is 1.92 bits per heavy atom. The number of benzene rings is 1.